The molecule has 28 heavy (non-hydrogen) atoms. The predicted molar refractivity (Wildman–Crippen MR) is 115 cm³/mol. The average Bonchev–Trinajstić information content (AvgIpc) is 2.71. The van der Waals surface area contributed by atoms with E-state index in [-0.39, 0.29) is 0 Å². The third kappa shape index (κ3) is 5.55. The summed E-state index contributed by atoms with van der Waals surface area (Å²) in [5.41, 5.74) is 1.94. The Morgan fingerprint density at radius 2 is 1.82 bits per heavy atom. The molecule has 1 aromatic carbocycles. The van der Waals surface area contributed by atoms with Crippen molar-refractivity contribution in [3.8, 4) is 0 Å². The van der Waals surface area contributed by atoms with E-state index >= 15 is 0 Å². The Morgan fingerprint density at radius 1 is 1.04 bits per heavy atom. The van der Waals surface area contributed by atoms with Crippen molar-refractivity contribution < 1.29 is 8.78 Å². The molecule has 1 fully saturated rings. The van der Waals surface area contributed by atoms with E-state index in [1.807, 2.05) is 0 Å². The highest BCUT2D eigenvalue weighted by Gasteiger charge is 2.20. The third-order valence-corrected chi connectivity index (χ3v) is 6.76. The second-order valence-corrected chi connectivity index (χ2v) is 9.05. The molecule has 0 aromatic heterocycles. The smallest absolute Gasteiger partial charge is 0.166 e. The summed E-state index contributed by atoms with van der Waals surface area (Å²) in [6.07, 6.45) is 18.7. The number of benzene rings is 1. The molecule has 0 radical (unpaired) electrons. The van der Waals surface area contributed by atoms with Gasteiger partial charge in [-0.25, -0.2) is 8.78 Å². The molecule has 1 aromatic rings. The van der Waals surface area contributed by atoms with Crippen LogP contribution in [0.5, 0.6) is 0 Å². The van der Waals surface area contributed by atoms with Crippen molar-refractivity contribution in [2.75, 3.05) is 0 Å². The van der Waals surface area contributed by atoms with E-state index in [0.29, 0.717) is 29.4 Å². The summed E-state index contributed by atoms with van der Waals surface area (Å²) >= 11 is 0. The number of hydrogen-bond donors (Lipinski definition) is 0. The van der Waals surface area contributed by atoms with Crippen LogP contribution in [-0.4, -0.2) is 0 Å². The summed E-state index contributed by atoms with van der Waals surface area (Å²) in [6.45, 7) is 4.48. The van der Waals surface area contributed by atoms with Gasteiger partial charge in [0, 0.05) is 5.56 Å². The maximum atomic E-state index is 14.6. The largest absolute Gasteiger partial charge is 0.203 e. The Hall–Kier alpha value is -1.44. The monoisotopic (exact) mass is 386 g/mol. The van der Waals surface area contributed by atoms with Crippen molar-refractivity contribution >= 4 is 5.57 Å². The van der Waals surface area contributed by atoms with Gasteiger partial charge < -0.3 is 0 Å². The van der Waals surface area contributed by atoms with Crippen LogP contribution in [0.4, 0.5) is 8.78 Å². The van der Waals surface area contributed by atoms with Crippen LogP contribution in [0, 0.1) is 29.4 Å². The lowest BCUT2D eigenvalue weighted by molar-refractivity contribution is 0.294. The van der Waals surface area contributed by atoms with Gasteiger partial charge in [-0.2, -0.15) is 0 Å². The predicted octanol–water partition coefficient (Wildman–Crippen LogP) is 8.26. The Balaban J connectivity index is 1.52. The standard InChI is InChI=1S/C26H36F2/c1-3-6-20-11-13-21(14-12-20)7-4-5-8-23-17-18-24(26(28)25(23)27)22-15-9-19(2)10-16-22/h4,7,15,17-21H,3,5-6,8-14,16H2,1-2H3/b7-4+. The zero-order valence-electron chi connectivity index (χ0n) is 17.7. The fraction of sp³-hybridized carbons (Fsp3) is 0.615. The quantitative estimate of drug-likeness (QED) is 0.414. The van der Waals surface area contributed by atoms with Crippen molar-refractivity contribution in [1.29, 1.82) is 0 Å². The van der Waals surface area contributed by atoms with Crippen LogP contribution < -0.4 is 0 Å². The first-order valence-corrected chi connectivity index (χ1v) is 11.4. The Kier molecular flexibility index (Phi) is 7.88. The third-order valence-electron chi connectivity index (χ3n) is 6.76. The molecule has 0 heterocycles. The summed E-state index contributed by atoms with van der Waals surface area (Å²) in [5, 5.41) is 0. The molecule has 1 unspecified atom stereocenters. The summed E-state index contributed by atoms with van der Waals surface area (Å²) in [4.78, 5) is 0. The Morgan fingerprint density at radius 3 is 2.50 bits per heavy atom. The maximum absolute atomic E-state index is 14.6. The van der Waals surface area contributed by atoms with Gasteiger partial charge >= 0.3 is 0 Å². The van der Waals surface area contributed by atoms with E-state index < -0.39 is 11.6 Å². The van der Waals surface area contributed by atoms with Gasteiger partial charge in [-0.1, -0.05) is 57.0 Å². The first-order chi connectivity index (χ1) is 13.6. The summed E-state index contributed by atoms with van der Waals surface area (Å²) in [6, 6.07) is 3.57. The second-order valence-electron chi connectivity index (χ2n) is 9.05. The minimum Gasteiger partial charge on any atom is -0.203 e. The fourth-order valence-corrected chi connectivity index (χ4v) is 4.85. The Labute approximate surface area is 170 Å². The first kappa shape index (κ1) is 21.3. The van der Waals surface area contributed by atoms with Gasteiger partial charge in [0.2, 0.25) is 0 Å². The molecule has 0 amide bonds. The van der Waals surface area contributed by atoms with Crippen molar-refractivity contribution in [2.45, 2.75) is 84.5 Å². The molecule has 1 atom stereocenters. The fourth-order valence-electron chi connectivity index (χ4n) is 4.85. The van der Waals surface area contributed by atoms with Gasteiger partial charge in [-0.05, 0) is 86.7 Å². The molecule has 2 heteroatoms. The minimum absolute atomic E-state index is 0.465. The lowest BCUT2D eigenvalue weighted by Gasteiger charge is -2.26. The van der Waals surface area contributed by atoms with Crippen LogP contribution in [0.15, 0.2) is 30.4 Å². The number of rotatable bonds is 7. The van der Waals surface area contributed by atoms with Crippen LogP contribution in [0.1, 0.15) is 89.2 Å². The molecule has 2 aliphatic carbocycles. The van der Waals surface area contributed by atoms with Gasteiger partial charge in [0.05, 0.1) is 0 Å². The zero-order valence-corrected chi connectivity index (χ0v) is 17.7. The van der Waals surface area contributed by atoms with Gasteiger partial charge in [0.15, 0.2) is 11.6 Å². The van der Waals surface area contributed by atoms with Crippen molar-refractivity contribution in [3.63, 3.8) is 0 Å². The van der Waals surface area contributed by atoms with Crippen LogP contribution in [0.3, 0.4) is 0 Å². The lowest BCUT2D eigenvalue weighted by Crippen LogP contribution is -2.12. The van der Waals surface area contributed by atoms with Crippen LogP contribution in [0.2, 0.25) is 0 Å². The van der Waals surface area contributed by atoms with Crippen LogP contribution >= 0.6 is 0 Å². The molecular weight excluding hydrogens is 350 g/mol. The molecule has 0 nitrogen and oxygen atoms in total. The van der Waals surface area contributed by atoms with E-state index in [9.17, 15) is 8.78 Å². The highest BCUT2D eigenvalue weighted by atomic mass is 19.2. The summed E-state index contributed by atoms with van der Waals surface area (Å²) in [7, 11) is 0. The number of aryl methyl sites for hydroxylation is 1. The lowest BCUT2D eigenvalue weighted by atomic mass is 9.80. The SMILES string of the molecule is CCCC1CCC(/C=C/CCc2ccc(C3=CCC(C)CC3)c(F)c2F)CC1. The zero-order chi connectivity index (χ0) is 19.9. The van der Waals surface area contributed by atoms with Gasteiger partial charge in [0.25, 0.3) is 0 Å². The number of halogens is 2. The number of hydrogen-bond acceptors (Lipinski definition) is 0. The van der Waals surface area contributed by atoms with Crippen LogP contribution in [-0.2, 0) is 6.42 Å². The molecular formula is C26H36F2. The number of allylic oxidation sites excluding steroid dienone is 4. The highest BCUT2D eigenvalue weighted by molar-refractivity contribution is 5.67. The molecule has 3 rings (SSSR count). The van der Waals surface area contributed by atoms with E-state index in [2.05, 4.69) is 32.1 Å². The molecule has 2 aliphatic rings. The molecule has 154 valence electrons. The average molecular weight is 387 g/mol. The van der Waals surface area contributed by atoms with Crippen LogP contribution in [0.25, 0.3) is 5.57 Å². The minimum atomic E-state index is -0.656. The van der Waals surface area contributed by atoms with Crippen molar-refractivity contribution in [1.82, 2.24) is 0 Å². The highest BCUT2D eigenvalue weighted by Crippen LogP contribution is 2.34. The summed E-state index contributed by atoms with van der Waals surface area (Å²) < 4.78 is 29.2. The van der Waals surface area contributed by atoms with Crippen molar-refractivity contribution in [3.05, 3.63) is 53.1 Å². The van der Waals surface area contributed by atoms with Crippen molar-refractivity contribution in [2.24, 2.45) is 17.8 Å². The maximum Gasteiger partial charge on any atom is 0.166 e. The topological polar surface area (TPSA) is 0 Å². The molecule has 0 spiro atoms. The molecule has 0 N–H and O–H groups in total. The molecule has 0 aliphatic heterocycles. The summed E-state index contributed by atoms with van der Waals surface area (Å²) in [5.74, 6) is 0.942. The van der Waals surface area contributed by atoms with E-state index in [4.69, 9.17) is 0 Å². The van der Waals surface area contributed by atoms with Gasteiger partial charge in [-0.15, -0.1) is 0 Å². The van der Waals surface area contributed by atoms with E-state index in [1.54, 1.807) is 12.1 Å². The van der Waals surface area contributed by atoms with E-state index in [0.717, 1.165) is 37.2 Å². The van der Waals surface area contributed by atoms with Gasteiger partial charge in [-0.3, -0.25) is 0 Å². The normalized spacial score (nSPS) is 25.9. The van der Waals surface area contributed by atoms with E-state index in [1.165, 1.54) is 38.5 Å². The molecule has 0 saturated heterocycles. The molecule has 0 bridgehead atoms. The second kappa shape index (κ2) is 10.4. The Bertz CT molecular complexity index is 693. The first-order valence-electron chi connectivity index (χ1n) is 11.4. The molecule has 1 saturated carbocycles. The van der Waals surface area contributed by atoms with Gasteiger partial charge in [0.1, 0.15) is 0 Å².